The molecule has 4 N–H and O–H groups in total. The average molecular weight is 491 g/mol. The van der Waals surface area contributed by atoms with Crippen molar-refractivity contribution in [2.24, 2.45) is 5.73 Å². The Morgan fingerprint density at radius 1 is 1.00 bits per heavy atom. The van der Waals surface area contributed by atoms with Crippen molar-refractivity contribution in [3.63, 3.8) is 0 Å². The van der Waals surface area contributed by atoms with Crippen LogP contribution in [-0.4, -0.2) is 32.7 Å². The number of fused-ring (bicyclic) bond motifs is 2. The molecule has 0 saturated heterocycles. The Morgan fingerprint density at radius 2 is 1.81 bits per heavy atom. The lowest BCUT2D eigenvalue weighted by atomic mass is 9.92. The SMILES string of the molecule is Cc1cc2c(-c3cnc4ccccc4c3)cccc2n1-c1ccc(C(N)=O)c(NC2CCC(O)CC2)c1. The zero-order valence-corrected chi connectivity index (χ0v) is 20.8. The van der Waals surface area contributed by atoms with Crippen molar-refractivity contribution in [1.29, 1.82) is 0 Å². The molecule has 2 heterocycles. The number of carbonyl (C=O) groups excluding carboxylic acids is 1. The van der Waals surface area contributed by atoms with Gasteiger partial charge in [-0.05, 0) is 80.6 Å². The molecule has 1 aliphatic rings. The number of aryl methyl sites for hydroxylation is 1. The highest BCUT2D eigenvalue weighted by Gasteiger charge is 2.21. The largest absolute Gasteiger partial charge is 0.393 e. The lowest BCUT2D eigenvalue weighted by Gasteiger charge is -2.28. The number of carbonyl (C=O) groups is 1. The number of rotatable bonds is 5. The summed E-state index contributed by atoms with van der Waals surface area (Å²) in [6.45, 7) is 2.10. The zero-order chi connectivity index (χ0) is 25.5. The third-order valence-electron chi connectivity index (χ3n) is 7.51. The molecule has 1 aliphatic carbocycles. The third kappa shape index (κ3) is 4.34. The minimum atomic E-state index is -0.454. The summed E-state index contributed by atoms with van der Waals surface area (Å²) in [5.41, 5.74) is 13.3. The van der Waals surface area contributed by atoms with Crippen LogP contribution in [0.2, 0.25) is 0 Å². The van der Waals surface area contributed by atoms with Crippen molar-refractivity contribution in [3.8, 4) is 16.8 Å². The van der Waals surface area contributed by atoms with Crippen LogP contribution in [-0.2, 0) is 0 Å². The standard InChI is InChI=1S/C31H30N4O2/c1-19-15-27-25(21-16-20-5-2-3-7-28(20)33-18-21)6-4-8-30(27)35(19)23-11-14-26(31(32)37)29(17-23)34-22-9-12-24(36)13-10-22/h2-8,11,14-18,22,24,34,36H,9-10,12-13H2,1H3,(H2,32,37). The molecule has 6 heteroatoms. The summed E-state index contributed by atoms with van der Waals surface area (Å²) in [6, 6.07) is 24.9. The van der Waals surface area contributed by atoms with Crippen LogP contribution in [0.25, 0.3) is 38.6 Å². The molecule has 6 rings (SSSR count). The summed E-state index contributed by atoms with van der Waals surface area (Å²) in [5.74, 6) is -0.454. The summed E-state index contributed by atoms with van der Waals surface area (Å²) < 4.78 is 2.22. The molecule has 1 amide bonds. The molecule has 2 aromatic heterocycles. The molecule has 186 valence electrons. The number of pyridine rings is 1. The van der Waals surface area contributed by atoms with Gasteiger partial charge in [-0.25, -0.2) is 0 Å². The van der Waals surface area contributed by atoms with Crippen LogP contribution >= 0.6 is 0 Å². The van der Waals surface area contributed by atoms with Gasteiger partial charge in [-0.2, -0.15) is 0 Å². The number of aromatic nitrogens is 2. The van der Waals surface area contributed by atoms with E-state index in [1.54, 1.807) is 6.07 Å². The maximum Gasteiger partial charge on any atom is 0.250 e. The fraction of sp³-hybridized carbons (Fsp3) is 0.226. The Balaban J connectivity index is 1.43. The average Bonchev–Trinajstić information content (AvgIpc) is 3.25. The van der Waals surface area contributed by atoms with Gasteiger partial charge in [0.2, 0.25) is 0 Å². The van der Waals surface area contributed by atoms with E-state index in [0.717, 1.165) is 75.7 Å². The van der Waals surface area contributed by atoms with Crippen LogP contribution < -0.4 is 11.1 Å². The number of para-hydroxylation sites is 1. The Bertz CT molecular complexity index is 1630. The first-order valence-electron chi connectivity index (χ1n) is 12.8. The number of nitrogens with two attached hydrogens (primary N) is 1. The molecule has 1 fully saturated rings. The van der Waals surface area contributed by atoms with Gasteiger partial charge in [0.1, 0.15) is 0 Å². The van der Waals surface area contributed by atoms with Crippen molar-refractivity contribution in [2.75, 3.05) is 5.32 Å². The van der Waals surface area contributed by atoms with Crippen LogP contribution in [0.5, 0.6) is 0 Å². The number of amides is 1. The fourth-order valence-electron chi connectivity index (χ4n) is 5.62. The molecule has 0 unspecified atom stereocenters. The number of aliphatic hydroxyl groups excluding tert-OH is 1. The summed E-state index contributed by atoms with van der Waals surface area (Å²) in [5, 5.41) is 15.7. The van der Waals surface area contributed by atoms with Gasteiger partial charge in [-0.15, -0.1) is 0 Å². The summed E-state index contributed by atoms with van der Waals surface area (Å²) >= 11 is 0. The van der Waals surface area contributed by atoms with Crippen molar-refractivity contribution >= 4 is 33.4 Å². The van der Waals surface area contributed by atoms with E-state index in [4.69, 9.17) is 5.73 Å². The lowest BCUT2D eigenvalue weighted by Crippen LogP contribution is -2.29. The molecular weight excluding hydrogens is 460 g/mol. The third-order valence-corrected chi connectivity index (χ3v) is 7.51. The maximum atomic E-state index is 12.2. The molecule has 0 aliphatic heterocycles. The number of nitrogens with zero attached hydrogens (tertiary/aromatic N) is 2. The van der Waals surface area contributed by atoms with Gasteiger partial charge in [0.15, 0.2) is 0 Å². The van der Waals surface area contributed by atoms with Crippen molar-refractivity contribution in [2.45, 2.75) is 44.8 Å². The van der Waals surface area contributed by atoms with Crippen LogP contribution in [0.1, 0.15) is 41.7 Å². The lowest BCUT2D eigenvalue weighted by molar-refractivity contribution is 0.100. The predicted molar refractivity (Wildman–Crippen MR) is 149 cm³/mol. The number of hydrogen-bond acceptors (Lipinski definition) is 4. The number of hydrogen-bond donors (Lipinski definition) is 3. The minimum Gasteiger partial charge on any atom is -0.393 e. The quantitative estimate of drug-likeness (QED) is 0.283. The summed E-state index contributed by atoms with van der Waals surface area (Å²) in [7, 11) is 0. The molecule has 3 aromatic carbocycles. The number of anilines is 1. The van der Waals surface area contributed by atoms with Gasteiger partial charge in [0.25, 0.3) is 5.91 Å². The van der Waals surface area contributed by atoms with E-state index >= 15 is 0 Å². The first-order valence-corrected chi connectivity index (χ1v) is 12.8. The van der Waals surface area contributed by atoms with E-state index < -0.39 is 5.91 Å². The minimum absolute atomic E-state index is 0.200. The smallest absolute Gasteiger partial charge is 0.250 e. The van der Waals surface area contributed by atoms with Crippen LogP contribution in [0.3, 0.4) is 0 Å². The van der Waals surface area contributed by atoms with Crippen LogP contribution in [0, 0.1) is 6.92 Å². The van der Waals surface area contributed by atoms with Crippen molar-refractivity contribution in [1.82, 2.24) is 9.55 Å². The second-order valence-electron chi connectivity index (χ2n) is 10.0. The van der Waals surface area contributed by atoms with E-state index in [-0.39, 0.29) is 12.1 Å². The molecule has 1 saturated carbocycles. The Hall–Kier alpha value is -4.16. The van der Waals surface area contributed by atoms with E-state index in [2.05, 4.69) is 58.2 Å². The first-order chi connectivity index (χ1) is 18.0. The highest BCUT2D eigenvalue weighted by atomic mass is 16.3. The van der Waals surface area contributed by atoms with Crippen LogP contribution in [0.4, 0.5) is 5.69 Å². The normalized spacial score (nSPS) is 17.8. The second-order valence-corrected chi connectivity index (χ2v) is 10.0. The molecule has 0 bridgehead atoms. The van der Waals surface area contributed by atoms with Gasteiger partial charge in [-0.1, -0.05) is 30.3 Å². The van der Waals surface area contributed by atoms with Crippen LogP contribution in [0.15, 0.2) is 79.0 Å². The first kappa shape index (κ1) is 23.3. The topological polar surface area (TPSA) is 93.2 Å². The predicted octanol–water partition coefficient (Wildman–Crippen LogP) is 5.97. The molecule has 0 radical (unpaired) electrons. The summed E-state index contributed by atoms with van der Waals surface area (Å²) in [6.07, 6.45) is 4.94. The Morgan fingerprint density at radius 3 is 2.62 bits per heavy atom. The monoisotopic (exact) mass is 490 g/mol. The van der Waals surface area contributed by atoms with E-state index in [9.17, 15) is 9.90 Å². The number of aliphatic hydroxyl groups is 1. The second kappa shape index (κ2) is 9.37. The van der Waals surface area contributed by atoms with Crippen molar-refractivity contribution < 1.29 is 9.90 Å². The highest BCUT2D eigenvalue weighted by molar-refractivity contribution is 6.00. The maximum absolute atomic E-state index is 12.2. The highest BCUT2D eigenvalue weighted by Crippen LogP contribution is 2.35. The van der Waals surface area contributed by atoms with Gasteiger partial charge in [0.05, 0.1) is 22.7 Å². The molecule has 5 aromatic rings. The molecular formula is C31H30N4O2. The van der Waals surface area contributed by atoms with Crippen molar-refractivity contribution in [3.05, 3.63) is 90.3 Å². The summed E-state index contributed by atoms with van der Waals surface area (Å²) in [4.78, 5) is 16.9. The molecule has 0 atom stereocenters. The number of benzene rings is 3. The van der Waals surface area contributed by atoms with Gasteiger partial charge < -0.3 is 20.7 Å². The molecule has 6 nitrogen and oxygen atoms in total. The van der Waals surface area contributed by atoms with E-state index in [1.165, 1.54) is 0 Å². The van der Waals surface area contributed by atoms with Gasteiger partial charge in [0, 0.05) is 45.6 Å². The Labute approximate surface area is 215 Å². The fourth-order valence-corrected chi connectivity index (χ4v) is 5.62. The zero-order valence-electron chi connectivity index (χ0n) is 20.8. The number of primary amides is 1. The van der Waals surface area contributed by atoms with E-state index in [1.807, 2.05) is 36.5 Å². The molecule has 0 spiro atoms. The number of nitrogens with one attached hydrogen (secondary N) is 1. The molecule has 37 heavy (non-hydrogen) atoms. The van der Waals surface area contributed by atoms with Gasteiger partial charge in [-0.3, -0.25) is 9.78 Å². The Kier molecular flexibility index (Phi) is 5.89. The van der Waals surface area contributed by atoms with E-state index in [0.29, 0.717) is 5.56 Å². The van der Waals surface area contributed by atoms with Gasteiger partial charge >= 0.3 is 0 Å².